The Kier molecular flexibility index (Phi) is 7.54. The third-order valence-corrected chi connectivity index (χ3v) is 7.00. The lowest BCUT2D eigenvalue weighted by Crippen LogP contribution is -2.24. The van der Waals surface area contributed by atoms with E-state index >= 15 is 0 Å². The largest absolute Gasteiger partial charge is 0.296 e. The van der Waals surface area contributed by atoms with Crippen LogP contribution >= 0.6 is 22.9 Å². The lowest BCUT2D eigenvalue weighted by Gasteiger charge is -2.10. The number of hydrogen-bond donors (Lipinski definition) is 2. The summed E-state index contributed by atoms with van der Waals surface area (Å²) >= 11 is 7.41. The molecule has 1 aromatic heterocycles. The van der Waals surface area contributed by atoms with E-state index in [0.717, 1.165) is 29.8 Å². The summed E-state index contributed by atoms with van der Waals surface area (Å²) in [7, 11) is -3.91. The molecule has 0 bridgehead atoms. The third-order valence-electron chi connectivity index (χ3n) is 4.22. The Hall–Kier alpha value is -2.33. The Bertz CT molecular complexity index is 1120. The van der Waals surface area contributed by atoms with Crippen molar-refractivity contribution in [2.24, 2.45) is 0 Å². The minimum Gasteiger partial charge on any atom is -0.296 e. The highest BCUT2D eigenvalue weighted by Gasteiger charge is 2.20. The van der Waals surface area contributed by atoms with E-state index in [1.165, 1.54) is 29.5 Å². The molecule has 158 valence electrons. The molecule has 1 amide bonds. The lowest BCUT2D eigenvalue weighted by atomic mass is 10.2. The van der Waals surface area contributed by atoms with E-state index in [9.17, 15) is 13.2 Å². The number of halogens is 1. The predicted octanol–water partition coefficient (Wildman–Crippen LogP) is 4.26. The molecule has 2 N–H and O–H groups in total. The highest BCUT2D eigenvalue weighted by Crippen LogP contribution is 2.24. The topological polar surface area (TPSA) is 101 Å². The van der Waals surface area contributed by atoms with Gasteiger partial charge in [-0.15, -0.1) is 10.2 Å². The molecule has 0 fully saturated rings. The van der Waals surface area contributed by atoms with Gasteiger partial charge >= 0.3 is 0 Å². The summed E-state index contributed by atoms with van der Waals surface area (Å²) in [5.74, 6) is -0.482. The molecule has 2 aromatic carbocycles. The zero-order valence-corrected chi connectivity index (χ0v) is 18.6. The molecule has 0 atom stereocenters. The number of anilines is 1. The van der Waals surface area contributed by atoms with Gasteiger partial charge in [0.1, 0.15) is 9.90 Å². The molecule has 0 saturated heterocycles. The van der Waals surface area contributed by atoms with Crippen molar-refractivity contribution in [3.63, 3.8) is 0 Å². The van der Waals surface area contributed by atoms with Gasteiger partial charge in [-0.2, -0.15) is 0 Å². The van der Waals surface area contributed by atoms with Gasteiger partial charge in [0, 0.05) is 18.5 Å². The lowest BCUT2D eigenvalue weighted by molar-refractivity contribution is 0.102. The molecule has 3 rings (SSSR count). The van der Waals surface area contributed by atoms with Crippen LogP contribution in [0, 0.1) is 0 Å². The first-order valence-electron chi connectivity index (χ1n) is 9.36. The minimum absolute atomic E-state index is 0.0323. The highest BCUT2D eigenvalue weighted by atomic mass is 35.5. The fourth-order valence-electron chi connectivity index (χ4n) is 2.60. The van der Waals surface area contributed by atoms with Crippen LogP contribution in [0.1, 0.15) is 40.7 Å². The standard InChI is InChI=1S/C20H21ClN4O3S2/c1-2-3-9-18-24-25-20(29-18)23-19(26)15-10-11-16(21)17(12-15)30(27,28)22-13-14-7-5-4-6-8-14/h4-8,10-12,22H,2-3,9,13H2,1H3,(H,23,25,26). The molecule has 0 radical (unpaired) electrons. The molecular weight excluding hydrogens is 444 g/mol. The van der Waals surface area contributed by atoms with Crippen molar-refractivity contribution in [2.45, 2.75) is 37.6 Å². The summed E-state index contributed by atoms with van der Waals surface area (Å²) in [6.45, 7) is 2.20. The van der Waals surface area contributed by atoms with Crippen LogP contribution in [0.3, 0.4) is 0 Å². The first-order valence-corrected chi connectivity index (χ1v) is 12.0. The van der Waals surface area contributed by atoms with Crippen LogP contribution in [0.4, 0.5) is 5.13 Å². The molecule has 1 heterocycles. The van der Waals surface area contributed by atoms with Crippen molar-refractivity contribution < 1.29 is 13.2 Å². The summed E-state index contributed by atoms with van der Waals surface area (Å²) in [5, 5.41) is 11.9. The van der Waals surface area contributed by atoms with E-state index in [2.05, 4.69) is 27.2 Å². The van der Waals surface area contributed by atoms with E-state index in [1.54, 1.807) is 0 Å². The van der Waals surface area contributed by atoms with Crippen LogP contribution < -0.4 is 10.0 Å². The average molecular weight is 465 g/mol. The normalized spacial score (nSPS) is 11.4. The number of aryl methyl sites for hydroxylation is 1. The van der Waals surface area contributed by atoms with Gasteiger partial charge in [-0.05, 0) is 30.2 Å². The molecule has 0 unspecified atom stereocenters. The number of sulfonamides is 1. The van der Waals surface area contributed by atoms with Crippen molar-refractivity contribution >= 4 is 44.0 Å². The molecule has 0 saturated carbocycles. The van der Waals surface area contributed by atoms with Crippen LogP contribution in [-0.4, -0.2) is 24.5 Å². The number of nitrogens with one attached hydrogen (secondary N) is 2. The second-order valence-electron chi connectivity index (χ2n) is 6.51. The Balaban J connectivity index is 1.73. The van der Waals surface area contributed by atoms with E-state index in [-0.39, 0.29) is 22.0 Å². The third kappa shape index (κ3) is 5.85. The van der Waals surface area contributed by atoms with Crippen molar-refractivity contribution in [1.29, 1.82) is 0 Å². The maximum absolute atomic E-state index is 12.7. The van der Waals surface area contributed by atoms with Crippen LogP contribution in [0.15, 0.2) is 53.4 Å². The number of rotatable bonds is 9. The molecule has 0 spiro atoms. The summed E-state index contributed by atoms with van der Waals surface area (Å²) in [6, 6.07) is 13.2. The fourth-order valence-corrected chi connectivity index (χ4v) is 4.92. The highest BCUT2D eigenvalue weighted by molar-refractivity contribution is 7.89. The van der Waals surface area contributed by atoms with E-state index < -0.39 is 15.9 Å². The number of nitrogens with zero attached hydrogens (tertiary/aromatic N) is 2. The van der Waals surface area contributed by atoms with Crippen LogP contribution in [0.5, 0.6) is 0 Å². The molecule has 0 aliphatic carbocycles. The number of amides is 1. The number of unbranched alkanes of at least 4 members (excludes halogenated alkanes) is 1. The summed E-state index contributed by atoms with van der Waals surface area (Å²) in [4.78, 5) is 12.4. The number of hydrogen-bond acceptors (Lipinski definition) is 6. The first kappa shape index (κ1) is 22.4. The molecule has 10 heteroatoms. The van der Waals surface area contributed by atoms with Crippen molar-refractivity contribution in [3.8, 4) is 0 Å². The van der Waals surface area contributed by atoms with Gasteiger partial charge in [0.15, 0.2) is 0 Å². The van der Waals surface area contributed by atoms with Crippen LogP contribution in [-0.2, 0) is 23.0 Å². The van der Waals surface area contributed by atoms with E-state index in [1.807, 2.05) is 30.3 Å². The summed E-state index contributed by atoms with van der Waals surface area (Å²) in [6.07, 6.45) is 2.85. The second kappa shape index (κ2) is 10.1. The second-order valence-corrected chi connectivity index (χ2v) is 9.72. The number of benzene rings is 2. The van der Waals surface area contributed by atoms with Crippen molar-refractivity contribution in [3.05, 3.63) is 69.7 Å². The van der Waals surface area contributed by atoms with Crippen LogP contribution in [0.2, 0.25) is 5.02 Å². The Morgan fingerprint density at radius 2 is 1.90 bits per heavy atom. The molecule has 30 heavy (non-hydrogen) atoms. The van der Waals surface area contributed by atoms with Crippen molar-refractivity contribution in [2.75, 3.05) is 5.32 Å². The quantitative estimate of drug-likeness (QED) is 0.492. The van der Waals surface area contributed by atoms with E-state index in [0.29, 0.717) is 5.13 Å². The van der Waals surface area contributed by atoms with E-state index in [4.69, 9.17) is 11.6 Å². The molecule has 0 aliphatic rings. The number of carbonyl (C=O) groups is 1. The smallest absolute Gasteiger partial charge is 0.257 e. The zero-order valence-electron chi connectivity index (χ0n) is 16.3. The summed E-state index contributed by atoms with van der Waals surface area (Å²) in [5.41, 5.74) is 0.964. The molecule has 3 aromatic rings. The van der Waals surface area contributed by atoms with Gasteiger partial charge in [0.25, 0.3) is 5.91 Å². The van der Waals surface area contributed by atoms with Crippen molar-refractivity contribution in [1.82, 2.24) is 14.9 Å². The molecule has 7 nitrogen and oxygen atoms in total. The zero-order chi connectivity index (χ0) is 21.6. The number of carbonyl (C=O) groups excluding carboxylic acids is 1. The van der Waals surface area contributed by atoms with Gasteiger partial charge in [0.05, 0.1) is 5.02 Å². The SMILES string of the molecule is CCCCc1nnc(NC(=O)c2ccc(Cl)c(S(=O)(=O)NCc3ccccc3)c2)s1. The maximum Gasteiger partial charge on any atom is 0.257 e. The monoisotopic (exact) mass is 464 g/mol. The maximum atomic E-state index is 12.7. The fraction of sp³-hybridized carbons (Fsp3) is 0.250. The van der Waals surface area contributed by atoms with Gasteiger partial charge in [-0.3, -0.25) is 10.1 Å². The predicted molar refractivity (Wildman–Crippen MR) is 118 cm³/mol. The number of aromatic nitrogens is 2. The van der Waals surface area contributed by atoms with Gasteiger partial charge in [-0.25, -0.2) is 13.1 Å². The Morgan fingerprint density at radius 1 is 1.13 bits per heavy atom. The Morgan fingerprint density at radius 3 is 2.63 bits per heavy atom. The first-order chi connectivity index (χ1) is 14.4. The Labute approximate surface area is 184 Å². The van der Waals surface area contributed by atoms with Crippen LogP contribution in [0.25, 0.3) is 0 Å². The van der Waals surface area contributed by atoms with Gasteiger partial charge in [-0.1, -0.05) is 66.6 Å². The minimum atomic E-state index is -3.91. The van der Waals surface area contributed by atoms with Gasteiger partial charge in [0.2, 0.25) is 15.2 Å². The average Bonchev–Trinajstić information content (AvgIpc) is 3.19. The summed E-state index contributed by atoms with van der Waals surface area (Å²) < 4.78 is 27.9. The molecular formula is C20H21ClN4O3S2. The van der Waals surface area contributed by atoms with Gasteiger partial charge < -0.3 is 0 Å². The molecule has 0 aliphatic heterocycles.